The molecule has 0 bridgehead atoms. The van der Waals surface area contributed by atoms with Crippen molar-refractivity contribution < 1.29 is 17.9 Å². The molecule has 4 rings (SSSR count). The molecule has 8 heteroatoms. The zero-order valence-corrected chi connectivity index (χ0v) is 19.2. The zero-order chi connectivity index (χ0) is 22.6. The van der Waals surface area contributed by atoms with Crippen molar-refractivity contribution in [2.75, 3.05) is 10.0 Å². The summed E-state index contributed by atoms with van der Waals surface area (Å²) in [5, 5.41) is 6.13. The molecule has 2 aliphatic rings. The van der Waals surface area contributed by atoms with Crippen molar-refractivity contribution in [2.24, 2.45) is 5.92 Å². The van der Waals surface area contributed by atoms with Gasteiger partial charge in [-0.3, -0.25) is 10.0 Å². The maximum Gasteiger partial charge on any atom is 0.411 e. The molecule has 0 spiro atoms. The van der Waals surface area contributed by atoms with E-state index < -0.39 is 16.1 Å². The van der Waals surface area contributed by atoms with E-state index in [1.54, 1.807) is 12.1 Å². The Morgan fingerprint density at radius 1 is 1.12 bits per heavy atom. The number of carbonyl (C=O) groups is 1. The Hall–Kier alpha value is -2.58. The van der Waals surface area contributed by atoms with Crippen molar-refractivity contribution in [3.63, 3.8) is 0 Å². The third-order valence-corrected chi connectivity index (χ3v) is 7.66. The van der Waals surface area contributed by atoms with Gasteiger partial charge in [-0.15, -0.1) is 0 Å². The Bertz CT molecular complexity index is 1060. The summed E-state index contributed by atoms with van der Waals surface area (Å²) in [5.41, 5.74) is 2.66. The first-order valence-electron chi connectivity index (χ1n) is 11.3. The molecular weight excluding hydrogens is 426 g/mol. The topological polar surface area (TPSA) is 96.5 Å². The molecule has 1 aliphatic heterocycles. The van der Waals surface area contributed by atoms with Crippen molar-refractivity contribution in [3.05, 3.63) is 53.6 Å². The summed E-state index contributed by atoms with van der Waals surface area (Å²) in [6.07, 6.45) is 7.28. The molecule has 0 saturated heterocycles. The van der Waals surface area contributed by atoms with Gasteiger partial charge in [-0.25, -0.2) is 13.2 Å². The van der Waals surface area contributed by atoms with Gasteiger partial charge in [-0.1, -0.05) is 50.3 Å². The molecule has 3 N–H and O–H groups in total. The van der Waals surface area contributed by atoms with Crippen LogP contribution in [0.15, 0.2) is 47.4 Å². The largest absolute Gasteiger partial charge is 0.444 e. The smallest absolute Gasteiger partial charge is 0.411 e. The summed E-state index contributed by atoms with van der Waals surface area (Å²) < 4.78 is 33.8. The zero-order valence-electron chi connectivity index (χ0n) is 18.4. The minimum atomic E-state index is -3.79. The van der Waals surface area contributed by atoms with Gasteiger partial charge in [0.15, 0.2) is 0 Å². The fourth-order valence-corrected chi connectivity index (χ4v) is 5.69. The Morgan fingerprint density at radius 3 is 2.72 bits per heavy atom. The first-order chi connectivity index (χ1) is 15.4. The number of fused-ring (bicyclic) bond motifs is 1. The standard InChI is InChI=1S/C24H31N3O4S/c1-17(13-18-7-3-2-4-8-18)25-15-19-9-5-6-10-23(19)27-32(29,30)21-11-12-22-20(14-21)16-31-24(28)26-22/h5-6,9-12,14,17-18,25,27H,2-4,7-8,13,15-16H2,1H3,(H,26,28)/t17-/m0/s1. The summed E-state index contributed by atoms with van der Waals surface area (Å²) in [6.45, 7) is 2.84. The van der Waals surface area contributed by atoms with Crippen molar-refractivity contribution in [1.29, 1.82) is 0 Å². The molecule has 1 fully saturated rings. The first kappa shape index (κ1) is 22.6. The van der Waals surface area contributed by atoms with Crippen molar-refractivity contribution in [1.82, 2.24) is 5.32 Å². The van der Waals surface area contributed by atoms with Crippen molar-refractivity contribution in [2.45, 2.75) is 69.5 Å². The molecule has 0 aromatic heterocycles. The Morgan fingerprint density at radius 2 is 1.91 bits per heavy atom. The molecule has 0 radical (unpaired) electrons. The molecule has 1 amide bonds. The second-order valence-electron chi connectivity index (χ2n) is 8.80. The van der Waals surface area contributed by atoms with Crippen LogP contribution >= 0.6 is 0 Å². The normalized spacial score (nSPS) is 17.7. The fourth-order valence-electron chi connectivity index (χ4n) is 4.54. The highest BCUT2D eigenvalue weighted by Crippen LogP contribution is 2.28. The van der Waals surface area contributed by atoms with Crippen LogP contribution in [0.1, 0.15) is 56.6 Å². The van der Waals surface area contributed by atoms with Crippen molar-refractivity contribution >= 4 is 27.5 Å². The number of nitrogens with one attached hydrogen (secondary N) is 3. The van der Waals surface area contributed by atoms with Crippen LogP contribution in [-0.2, 0) is 27.9 Å². The number of para-hydroxylation sites is 1. The number of carbonyl (C=O) groups excluding carboxylic acids is 1. The SMILES string of the molecule is C[C@@H](CC1CCCCC1)NCc1ccccc1NS(=O)(=O)c1ccc2c(c1)COC(=O)N2. The van der Waals surface area contributed by atoms with Crippen LogP contribution < -0.4 is 15.4 Å². The van der Waals surface area contributed by atoms with E-state index in [0.29, 0.717) is 29.5 Å². The second-order valence-corrected chi connectivity index (χ2v) is 10.5. The minimum Gasteiger partial charge on any atom is -0.444 e. The van der Waals surface area contributed by atoms with E-state index in [0.717, 1.165) is 17.9 Å². The maximum absolute atomic E-state index is 13.0. The first-order valence-corrected chi connectivity index (χ1v) is 12.8. The lowest BCUT2D eigenvalue weighted by Gasteiger charge is -2.25. The summed E-state index contributed by atoms with van der Waals surface area (Å²) >= 11 is 0. The fraction of sp³-hybridized carbons (Fsp3) is 0.458. The molecular formula is C24H31N3O4S. The number of cyclic esters (lactones) is 1. The Balaban J connectivity index is 1.42. The molecule has 1 aliphatic carbocycles. The number of benzene rings is 2. The van der Waals surface area contributed by atoms with E-state index in [-0.39, 0.29) is 11.5 Å². The maximum atomic E-state index is 13.0. The quantitative estimate of drug-likeness (QED) is 0.518. The summed E-state index contributed by atoms with van der Waals surface area (Å²) in [7, 11) is -3.79. The number of anilines is 2. The number of hydrogen-bond donors (Lipinski definition) is 3. The van der Waals surface area contributed by atoms with E-state index in [2.05, 4.69) is 22.3 Å². The van der Waals surface area contributed by atoms with E-state index in [1.807, 2.05) is 18.2 Å². The van der Waals surface area contributed by atoms with Gasteiger partial charge < -0.3 is 10.1 Å². The van der Waals surface area contributed by atoms with Gasteiger partial charge in [0.2, 0.25) is 0 Å². The third-order valence-electron chi connectivity index (χ3n) is 6.30. The van der Waals surface area contributed by atoms with E-state index in [1.165, 1.54) is 44.2 Å². The van der Waals surface area contributed by atoms with Gasteiger partial charge in [0.1, 0.15) is 6.61 Å². The van der Waals surface area contributed by atoms with Crippen molar-refractivity contribution in [3.8, 4) is 0 Å². The van der Waals surface area contributed by atoms with Crippen LogP contribution in [0, 0.1) is 5.92 Å². The van der Waals surface area contributed by atoms with E-state index in [9.17, 15) is 13.2 Å². The molecule has 7 nitrogen and oxygen atoms in total. The second kappa shape index (κ2) is 9.92. The van der Waals surface area contributed by atoms with Gasteiger partial charge in [0.25, 0.3) is 10.0 Å². The summed E-state index contributed by atoms with van der Waals surface area (Å²) in [6, 6.07) is 12.4. The minimum absolute atomic E-state index is 0.0456. The predicted octanol–water partition coefficient (Wildman–Crippen LogP) is 5.00. The summed E-state index contributed by atoms with van der Waals surface area (Å²) in [4.78, 5) is 11.5. The van der Waals surface area contributed by atoms with Crippen LogP contribution in [0.5, 0.6) is 0 Å². The van der Waals surface area contributed by atoms with Crippen LogP contribution in [0.2, 0.25) is 0 Å². The van der Waals surface area contributed by atoms with E-state index in [4.69, 9.17) is 4.74 Å². The number of rotatable bonds is 8. The molecule has 1 atom stereocenters. The monoisotopic (exact) mass is 457 g/mol. The third kappa shape index (κ3) is 5.61. The molecule has 2 aromatic carbocycles. The lowest BCUT2D eigenvalue weighted by molar-refractivity contribution is 0.151. The van der Waals surface area contributed by atoms with Gasteiger partial charge in [0, 0.05) is 18.2 Å². The van der Waals surface area contributed by atoms with Gasteiger partial charge in [-0.2, -0.15) is 0 Å². The molecule has 1 heterocycles. The summed E-state index contributed by atoms with van der Waals surface area (Å²) in [5.74, 6) is 0.790. The number of ether oxygens (including phenoxy) is 1. The average Bonchev–Trinajstić information content (AvgIpc) is 2.78. The van der Waals surface area contributed by atoms with Gasteiger partial charge in [-0.05, 0) is 49.1 Å². The number of sulfonamides is 1. The van der Waals surface area contributed by atoms with Crippen LogP contribution in [0.3, 0.4) is 0 Å². The predicted molar refractivity (Wildman–Crippen MR) is 125 cm³/mol. The highest BCUT2D eigenvalue weighted by molar-refractivity contribution is 7.92. The highest BCUT2D eigenvalue weighted by Gasteiger charge is 2.22. The molecule has 172 valence electrons. The number of amides is 1. The van der Waals surface area contributed by atoms with Crippen LogP contribution in [0.4, 0.5) is 16.2 Å². The van der Waals surface area contributed by atoms with E-state index >= 15 is 0 Å². The molecule has 1 saturated carbocycles. The number of hydrogen-bond acceptors (Lipinski definition) is 5. The Kier molecular flexibility index (Phi) is 7.01. The van der Waals surface area contributed by atoms with Crippen LogP contribution in [-0.4, -0.2) is 20.6 Å². The molecule has 0 unspecified atom stereocenters. The average molecular weight is 458 g/mol. The Labute approximate surface area is 190 Å². The molecule has 2 aromatic rings. The van der Waals surface area contributed by atoms with Gasteiger partial charge in [0.05, 0.1) is 16.3 Å². The van der Waals surface area contributed by atoms with Crippen LogP contribution in [0.25, 0.3) is 0 Å². The lowest BCUT2D eigenvalue weighted by atomic mass is 9.85. The molecule has 32 heavy (non-hydrogen) atoms. The highest BCUT2D eigenvalue weighted by atomic mass is 32.2. The van der Waals surface area contributed by atoms with Gasteiger partial charge >= 0.3 is 6.09 Å². The lowest BCUT2D eigenvalue weighted by Crippen LogP contribution is -2.29.